The number of thiophene rings is 1. The van der Waals surface area contributed by atoms with Crippen LogP contribution in [0.2, 0.25) is 0 Å². The zero-order valence-corrected chi connectivity index (χ0v) is 27.3. The van der Waals surface area contributed by atoms with Crippen LogP contribution in [0.1, 0.15) is 0 Å². The van der Waals surface area contributed by atoms with Crippen LogP contribution in [-0.4, -0.2) is 9.13 Å². The maximum Gasteiger partial charge on any atom is 0.0795 e. The highest BCUT2D eigenvalue weighted by Gasteiger charge is 2.24. The van der Waals surface area contributed by atoms with Crippen molar-refractivity contribution in [2.75, 3.05) is 0 Å². The summed E-state index contributed by atoms with van der Waals surface area (Å²) in [6, 6.07) is 62.3. The van der Waals surface area contributed by atoms with Gasteiger partial charge in [0.05, 0.1) is 22.1 Å². The molecule has 2 nitrogen and oxygen atoms in total. The minimum atomic E-state index is 1.15. The first-order valence-electron chi connectivity index (χ1n) is 16.8. The van der Waals surface area contributed by atoms with Gasteiger partial charge in [0, 0.05) is 53.1 Å². The van der Waals surface area contributed by atoms with Crippen LogP contribution in [0.4, 0.5) is 0 Å². The van der Waals surface area contributed by atoms with Gasteiger partial charge in [0.1, 0.15) is 0 Å². The number of nitrogens with zero attached hydrogens (tertiary/aromatic N) is 2. The molecule has 0 atom stereocenters. The molecule has 3 aromatic heterocycles. The Morgan fingerprint density at radius 3 is 1.47 bits per heavy atom. The Morgan fingerprint density at radius 1 is 0.347 bits per heavy atom. The van der Waals surface area contributed by atoms with Gasteiger partial charge in [-0.25, -0.2) is 0 Å². The Hall–Kier alpha value is -6.16. The van der Waals surface area contributed by atoms with Crippen molar-refractivity contribution in [2.24, 2.45) is 0 Å². The van der Waals surface area contributed by atoms with Crippen LogP contribution in [0, 0.1) is 0 Å². The SMILES string of the molecule is c1ccc(-n2c3ccccc3c3c4ccccc4c4c5ccccc5n(-c5ccc(-c6cccc7c6sc6ccccc67)cc5)c4c32)cc1. The van der Waals surface area contributed by atoms with Gasteiger partial charge in [-0.1, -0.05) is 127 Å². The van der Waals surface area contributed by atoms with Gasteiger partial charge in [-0.3, -0.25) is 0 Å². The van der Waals surface area contributed by atoms with Crippen molar-refractivity contribution >= 4 is 85.9 Å². The van der Waals surface area contributed by atoms with Crippen LogP contribution < -0.4 is 0 Å². The molecule has 8 aromatic carbocycles. The number of fused-ring (bicyclic) bond motifs is 13. The van der Waals surface area contributed by atoms with E-state index in [1.165, 1.54) is 85.7 Å². The Balaban J connectivity index is 1.27. The second-order valence-electron chi connectivity index (χ2n) is 12.9. The van der Waals surface area contributed by atoms with E-state index < -0.39 is 0 Å². The molecule has 11 aromatic rings. The van der Waals surface area contributed by atoms with Gasteiger partial charge in [-0.15, -0.1) is 11.3 Å². The van der Waals surface area contributed by atoms with Crippen LogP contribution >= 0.6 is 11.3 Å². The van der Waals surface area contributed by atoms with E-state index >= 15 is 0 Å². The van der Waals surface area contributed by atoms with E-state index in [9.17, 15) is 0 Å². The lowest BCUT2D eigenvalue weighted by molar-refractivity contribution is 1.15. The molecule has 0 spiro atoms. The third-order valence-corrected chi connectivity index (χ3v) is 11.5. The first-order chi connectivity index (χ1) is 24.3. The highest BCUT2D eigenvalue weighted by atomic mass is 32.1. The minimum absolute atomic E-state index is 1.15. The van der Waals surface area contributed by atoms with E-state index in [-0.39, 0.29) is 0 Å². The standard InChI is InChI=1S/C46H28N2S/c1-2-13-30(14-3-1)47-39-22-9-6-18-37(39)42-34-16-4-5-17-35(34)43-38-19-7-10-23-40(38)48(45(43)44(42)47)31-27-25-29(26-28-31)32-20-12-21-36-33-15-8-11-24-41(33)49-46(32)36/h1-28H. The van der Waals surface area contributed by atoms with E-state index in [4.69, 9.17) is 0 Å². The van der Waals surface area contributed by atoms with Gasteiger partial charge in [0.25, 0.3) is 0 Å². The average molecular weight is 641 g/mol. The average Bonchev–Trinajstić information content (AvgIpc) is 3.84. The van der Waals surface area contributed by atoms with Crippen LogP contribution in [0.25, 0.3) is 97.1 Å². The Morgan fingerprint density at radius 2 is 0.837 bits per heavy atom. The smallest absolute Gasteiger partial charge is 0.0795 e. The molecule has 0 N–H and O–H groups in total. The van der Waals surface area contributed by atoms with E-state index in [2.05, 4.69) is 179 Å². The van der Waals surface area contributed by atoms with Gasteiger partial charge in [0.2, 0.25) is 0 Å². The highest BCUT2D eigenvalue weighted by Crippen LogP contribution is 2.47. The van der Waals surface area contributed by atoms with Crippen molar-refractivity contribution in [2.45, 2.75) is 0 Å². The fourth-order valence-corrected chi connectivity index (χ4v) is 9.51. The maximum absolute atomic E-state index is 2.50. The molecule has 228 valence electrons. The van der Waals surface area contributed by atoms with Crippen molar-refractivity contribution < 1.29 is 0 Å². The van der Waals surface area contributed by atoms with E-state index in [1.54, 1.807) is 0 Å². The largest absolute Gasteiger partial charge is 0.307 e. The maximum atomic E-state index is 2.50. The summed E-state index contributed by atoms with van der Waals surface area (Å²) in [6.07, 6.45) is 0. The van der Waals surface area contributed by atoms with Gasteiger partial charge in [-0.05, 0) is 64.4 Å². The first-order valence-corrected chi connectivity index (χ1v) is 17.6. The lowest BCUT2D eigenvalue weighted by atomic mass is 9.98. The molecule has 49 heavy (non-hydrogen) atoms. The molecule has 0 saturated heterocycles. The van der Waals surface area contributed by atoms with Crippen molar-refractivity contribution in [3.63, 3.8) is 0 Å². The summed E-state index contributed by atoms with van der Waals surface area (Å²) >= 11 is 1.88. The fourth-order valence-electron chi connectivity index (χ4n) is 8.27. The predicted octanol–water partition coefficient (Wildman–Crippen LogP) is 13.1. The van der Waals surface area contributed by atoms with Gasteiger partial charge in [0.15, 0.2) is 0 Å². The zero-order chi connectivity index (χ0) is 32.1. The predicted molar refractivity (Wildman–Crippen MR) is 211 cm³/mol. The quantitative estimate of drug-likeness (QED) is 0.182. The molecule has 0 amide bonds. The third kappa shape index (κ3) is 3.71. The molecule has 0 aliphatic heterocycles. The molecule has 0 radical (unpaired) electrons. The van der Waals surface area contributed by atoms with E-state index in [1.807, 2.05) is 11.3 Å². The molecule has 0 unspecified atom stereocenters. The molecule has 3 heteroatoms. The molecule has 0 aliphatic rings. The first kappa shape index (κ1) is 26.9. The van der Waals surface area contributed by atoms with Gasteiger partial charge in [-0.2, -0.15) is 0 Å². The Labute approximate surface area is 286 Å². The van der Waals surface area contributed by atoms with Crippen LogP contribution in [0.5, 0.6) is 0 Å². The summed E-state index contributed by atoms with van der Waals surface area (Å²) in [5.74, 6) is 0. The number of rotatable bonds is 3. The normalized spacial score (nSPS) is 12.1. The van der Waals surface area contributed by atoms with Crippen LogP contribution in [0.3, 0.4) is 0 Å². The second-order valence-corrected chi connectivity index (χ2v) is 13.9. The number of hydrogen-bond acceptors (Lipinski definition) is 1. The zero-order valence-electron chi connectivity index (χ0n) is 26.5. The summed E-state index contributed by atoms with van der Waals surface area (Å²) < 4.78 is 7.65. The number of benzene rings is 8. The molecule has 0 saturated carbocycles. The molecule has 11 rings (SSSR count). The van der Waals surface area contributed by atoms with Crippen LogP contribution in [0.15, 0.2) is 170 Å². The monoisotopic (exact) mass is 640 g/mol. The van der Waals surface area contributed by atoms with Crippen LogP contribution in [-0.2, 0) is 0 Å². The van der Waals surface area contributed by atoms with E-state index in [0.29, 0.717) is 0 Å². The van der Waals surface area contributed by atoms with E-state index in [0.717, 1.165) is 11.4 Å². The lowest BCUT2D eigenvalue weighted by Gasteiger charge is -2.14. The molecular weight excluding hydrogens is 613 g/mol. The summed E-state index contributed by atoms with van der Waals surface area (Å²) in [5.41, 5.74) is 9.71. The molecule has 3 heterocycles. The molecule has 0 aliphatic carbocycles. The van der Waals surface area contributed by atoms with Crippen molar-refractivity contribution in [1.29, 1.82) is 0 Å². The summed E-state index contributed by atoms with van der Waals surface area (Å²) in [5, 5.41) is 10.3. The number of hydrogen-bond donors (Lipinski definition) is 0. The number of aromatic nitrogens is 2. The van der Waals surface area contributed by atoms with Crippen molar-refractivity contribution in [1.82, 2.24) is 9.13 Å². The topological polar surface area (TPSA) is 9.86 Å². The molecule has 0 fully saturated rings. The lowest BCUT2D eigenvalue weighted by Crippen LogP contribution is -1.99. The van der Waals surface area contributed by atoms with Gasteiger partial charge >= 0.3 is 0 Å². The summed E-state index contributed by atoms with van der Waals surface area (Å²) in [4.78, 5) is 0. The van der Waals surface area contributed by atoms with Gasteiger partial charge < -0.3 is 9.13 Å². The third-order valence-electron chi connectivity index (χ3n) is 10.3. The summed E-state index contributed by atoms with van der Waals surface area (Å²) in [6.45, 7) is 0. The summed E-state index contributed by atoms with van der Waals surface area (Å²) in [7, 11) is 0. The van der Waals surface area contributed by atoms with Crippen molar-refractivity contribution in [3.05, 3.63) is 170 Å². The Kier molecular flexibility index (Phi) is 5.57. The molecular formula is C46H28N2S. The molecule has 0 bridgehead atoms. The highest BCUT2D eigenvalue weighted by molar-refractivity contribution is 7.26. The van der Waals surface area contributed by atoms with Crippen molar-refractivity contribution in [3.8, 4) is 22.5 Å². The number of para-hydroxylation sites is 3. The Bertz CT molecular complexity index is 3090. The fraction of sp³-hybridized carbons (Fsp3) is 0. The minimum Gasteiger partial charge on any atom is -0.307 e. The second kappa shape index (κ2) is 10.2.